The molecule has 6 heteroatoms. The molecule has 0 aliphatic rings. The highest BCUT2D eigenvalue weighted by atomic mass is 35.5. The van der Waals surface area contributed by atoms with Crippen LogP contribution in [0.1, 0.15) is 18.1 Å². The number of esters is 1. The van der Waals surface area contributed by atoms with Crippen LogP contribution in [-0.4, -0.2) is 25.1 Å². The lowest BCUT2D eigenvalue weighted by Crippen LogP contribution is -2.23. The third kappa shape index (κ3) is 6.12. The second-order valence-corrected chi connectivity index (χ2v) is 5.87. The van der Waals surface area contributed by atoms with Crippen molar-refractivity contribution in [1.82, 2.24) is 0 Å². The molecular formula is C19H20ClNO4. The topological polar surface area (TPSA) is 64.6 Å². The zero-order valence-electron chi connectivity index (χ0n) is 14.2. The number of ether oxygens (including phenoxy) is 2. The van der Waals surface area contributed by atoms with Gasteiger partial charge in [0.25, 0.3) is 5.91 Å². The summed E-state index contributed by atoms with van der Waals surface area (Å²) in [6, 6.07) is 12.6. The van der Waals surface area contributed by atoms with Gasteiger partial charge in [-0.2, -0.15) is 0 Å². The van der Waals surface area contributed by atoms with Crippen LogP contribution in [0.15, 0.2) is 42.5 Å². The maximum atomic E-state index is 11.8. The molecule has 132 valence electrons. The number of rotatable bonds is 7. The Balaban J connectivity index is 1.75. The SMILES string of the molecule is CCc1cccc(NC(=O)COC(=O)COc2ccc(Cl)c(C)c2)c1. The number of benzene rings is 2. The van der Waals surface area contributed by atoms with Gasteiger partial charge in [0.15, 0.2) is 13.2 Å². The van der Waals surface area contributed by atoms with Gasteiger partial charge in [-0.1, -0.05) is 30.7 Å². The van der Waals surface area contributed by atoms with Crippen molar-refractivity contribution < 1.29 is 19.1 Å². The van der Waals surface area contributed by atoms with Crippen LogP contribution < -0.4 is 10.1 Å². The number of halogens is 1. The monoisotopic (exact) mass is 361 g/mol. The first-order valence-electron chi connectivity index (χ1n) is 7.91. The molecule has 0 radical (unpaired) electrons. The van der Waals surface area contributed by atoms with E-state index in [1.54, 1.807) is 24.3 Å². The molecule has 0 saturated heterocycles. The number of aryl methyl sites for hydroxylation is 2. The lowest BCUT2D eigenvalue weighted by atomic mass is 10.1. The minimum Gasteiger partial charge on any atom is -0.482 e. The maximum absolute atomic E-state index is 11.8. The van der Waals surface area contributed by atoms with Crippen LogP contribution in [0.4, 0.5) is 5.69 Å². The lowest BCUT2D eigenvalue weighted by molar-refractivity contribution is -0.149. The zero-order valence-corrected chi connectivity index (χ0v) is 14.9. The summed E-state index contributed by atoms with van der Waals surface area (Å²) in [5.74, 6) is -0.506. The van der Waals surface area contributed by atoms with Crippen LogP contribution in [0.2, 0.25) is 5.02 Å². The van der Waals surface area contributed by atoms with Gasteiger partial charge in [0.2, 0.25) is 0 Å². The van der Waals surface area contributed by atoms with Gasteiger partial charge in [0, 0.05) is 10.7 Å². The fourth-order valence-corrected chi connectivity index (χ4v) is 2.22. The average molecular weight is 362 g/mol. The highest BCUT2D eigenvalue weighted by molar-refractivity contribution is 6.31. The largest absolute Gasteiger partial charge is 0.482 e. The molecule has 0 atom stereocenters. The minimum atomic E-state index is -0.620. The van der Waals surface area contributed by atoms with E-state index in [-0.39, 0.29) is 13.2 Å². The summed E-state index contributed by atoms with van der Waals surface area (Å²) in [5.41, 5.74) is 2.64. The highest BCUT2D eigenvalue weighted by Crippen LogP contribution is 2.20. The van der Waals surface area contributed by atoms with E-state index in [0.717, 1.165) is 17.5 Å². The van der Waals surface area contributed by atoms with Crippen molar-refractivity contribution in [1.29, 1.82) is 0 Å². The Bertz CT molecular complexity index is 761. The van der Waals surface area contributed by atoms with Gasteiger partial charge in [0.05, 0.1) is 0 Å². The number of hydrogen-bond acceptors (Lipinski definition) is 4. The smallest absolute Gasteiger partial charge is 0.344 e. The van der Waals surface area contributed by atoms with Crippen LogP contribution in [0.3, 0.4) is 0 Å². The Morgan fingerprint density at radius 3 is 2.64 bits per heavy atom. The first-order chi connectivity index (χ1) is 12.0. The van der Waals surface area contributed by atoms with E-state index in [1.165, 1.54) is 0 Å². The molecule has 0 aliphatic heterocycles. The third-order valence-corrected chi connectivity index (χ3v) is 3.89. The third-order valence-electron chi connectivity index (χ3n) is 3.47. The maximum Gasteiger partial charge on any atom is 0.344 e. The molecular weight excluding hydrogens is 342 g/mol. The molecule has 1 amide bonds. The van der Waals surface area contributed by atoms with E-state index >= 15 is 0 Å². The molecule has 0 unspecified atom stereocenters. The fraction of sp³-hybridized carbons (Fsp3) is 0.263. The van der Waals surface area contributed by atoms with Gasteiger partial charge >= 0.3 is 5.97 Å². The number of hydrogen-bond donors (Lipinski definition) is 1. The van der Waals surface area contributed by atoms with Crippen molar-refractivity contribution >= 4 is 29.2 Å². The molecule has 2 aromatic rings. The summed E-state index contributed by atoms with van der Waals surface area (Å²) in [7, 11) is 0. The molecule has 5 nitrogen and oxygen atoms in total. The second-order valence-electron chi connectivity index (χ2n) is 5.46. The molecule has 0 saturated carbocycles. The van der Waals surface area contributed by atoms with E-state index in [1.807, 2.05) is 32.0 Å². The molecule has 0 fully saturated rings. The Labute approximate surface area is 151 Å². The minimum absolute atomic E-state index is 0.278. The van der Waals surface area contributed by atoms with Crippen molar-refractivity contribution in [3.63, 3.8) is 0 Å². The van der Waals surface area contributed by atoms with E-state index in [4.69, 9.17) is 21.1 Å². The fourth-order valence-electron chi connectivity index (χ4n) is 2.10. The van der Waals surface area contributed by atoms with Gasteiger partial charge in [-0.15, -0.1) is 0 Å². The summed E-state index contributed by atoms with van der Waals surface area (Å²) < 4.78 is 10.2. The Hall–Kier alpha value is -2.53. The Morgan fingerprint density at radius 1 is 1.12 bits per heavy atom. The van der Waals surface area contributed by atoms with Gasteiger partial charge in [0.1, 0.15) is 5.75 Å². The van der Waals surface area contributed by atoms with E-state index in [9.17, 15) is 9.59 Å². The summed E-state index contributed by atoms with van der Waals surface area (Å²) in [6.45, 7) is 3.23. The van der Waals surface area contributed by atoms with Crippen LogP contribution in [0.5, 0.6) is 5.75 Å². The van der Waals surface area contributed by atoms with Crippen LogP contribution in [-0.2, 0) is 20.7 Å². The van der Waals surface area contributed by atoms with Crippen molar-refractivity contribution in [2.45, 2.75) is 20.3 Å². The zero-order chi connectivity index (χ0) is 18.2. The lowest BCUT2D eigenvalue weighted by Gasteiger charge is -2.09. The summed E-state index contributed by atoms with van der Waals surface area (Å²) in [6.07, 6.45) is 0.875. The molecule has 0 aromatic heterocycles. The highest BCUT2D eigenvalue weighted by Gasteiger charge is 2.09. The Kier molecular flexibility index (Phi) is 6.83. The first-order valence-corrected chi connectivity index (χ1v) is 8.29. The van der Waals surface area contributed by atoms with Gasteiger partial charge in [-0.25, -0.2) is 4.79 Å². The average Bonchev–Trinajstić information content (AvgIpc) is 2.61. The summed E-state index contributed by atoms with van der Waals surface area (Å²) in [5, 5.41) is 3.31. The standard InChI is InChI=1S/C19H20ClNO4/c1-3-14-5-4-6-15(10-14)21-18(22)11-25-19(23)12-24-16-7-8-17(20)13(2)9-16/h4-10H,3,11-12H2,1-2H3,(H,21,22). The first kappa shape index (κ1) is 18.8. The van der Waals surface area contributed by atoms with E-state index in [2.05, 4.69) is 5.32 Å². The van der Waals surface area contributed by atoms with Crippen molar-refractivity contribution in [3.8, 4) is 5.75 Å². The number of nitrogens with one attached hydrogen (secondary N) is 1. The normalized spacial score (nSPS) is 10.2. The van der Waals surface area contributed by atoms with Crippen molar-refractivity contribution in [2.75, 3.05) is 18.5 Å². The molecule has 0 bridgehead atoms. The molecule has 0 aliphatic carbocycles. The summed E-state index contributed by atoms with van der Waals surface area (Å²) >= 11 is 5.92. The van der Waals surface area contributed by atoms with Gasteiger partial charge < -0.3 is 14.8 Å². The van der Waals surface area contributed by atoms with Gasteiger partial charge in [-0.3, -0.25) is 4.79 Å². The molecule has 0 heterocycles. The molecule has 1 N–H and O–H groups in total. The van der Waals surface area contributed by atoms with Gasteiger partial charge in [-0.05, 0) is 54.8 Å². The number of carbonyl (C=O) groups is 2. The van der Waals surface area contributed by atoms with Crippen molar-refractivity contribution in [3.05, 3.63) is 58.6 Å². The molecule has 0 spiro atoms. The predicted molar refractivity (Wildman–Crippen MR) is 97.1 cm³/mol. The van der Waals surface area contributed by atoms with E-state index in [0.29, 0.717) is 16.5 Å². The molecule has 25 heavy (non-hydrogen) atoms. The van der Waals surface area contributed by atoms with Crippen molar-refractivity contribution in [2.24, 2.45) is 0 Å². The van der Waals surface area contributed by atoms with Crippen LogP contribution in [0, 0.1) is 6.92 Å². The number of carbonyl (C=O) groups excluding carboxylic acids is 2. The van der Waals surface area contributed by atoms with Crippen LogP contribution >= 0.6 is 11.6 Å². The number of amides is 1. The summed E-state index contributed by atoms with van der Waals surface area (Å²) in [4.78, 5) is 23.5. The van der Waals surface area contributed by atoms with Crippen LogP contribution in [0.25, 0.3) is 0 Å². The number of anilines is 1. The second kappa shape index (κ2) is 9.08. The predicted octanol–water partition coefficient (Wildman–Crippen LogP) is 3.77. The quantitative estimate of drug-likeness (QED) is 0.762. The van der Waals surface area contributed by atoms with E-state index < -0.39 is 11.9 Å². The molecule has 2 rings (SSSR count). The Morgan fingerprint density at radius 2 is 1.92 bits per heavy atom. The molecule has 2 aromatic carbocycles.